The van der Waals surface area contributed by atoms with E-state index in [4.69, 9.17) is 15.2 Å². The van der Waals surface area contributed by atoms with E-state index >= 15 is 0 Å². The molecule has 0 heterocycles. The van der Waals surface area contributed by atoms with Crippen molar-refractivity contribution in [2.75, 3.05) is 20.8 Å². The second-order valence-electron chi connectivity index (χ2n) is 4.93. The lowest BCUT2D eigenvalue weighted by atomic mass is 10.1. The highest BCUT2D eigenvalue weighted by Gasteiger charge is 2.24. The summed E-state index contributed by atoms with van der Waals surface area (Å²) in [6.45, 7) is 0.455. The third-order valence-electron chi connectivity index (χ3n) is 3.48. The van der Waals surface area contributed by atoms with Crippen molar-refractivity contribution in [3.05, 3.63) is 23.3 Å². The Kier molecular flexibility index (Phi) is 4.84. The minimum absolute atomic E-state index is 0.161. The number of benzene rings is 1. The first-order chi connectivity index (χ1) is 9.65. The second-order valence-corrected chi connectivity index (χ2v) is 4.93. The van der Waals surface area contributed by atoms with Crippen molar-refractivity contribution in [1.82, 2.24) is 0 Å². The van der Waals surface area contributed by atoms with Crippen molar-refractivity contribution in [2.24, 2.45) is 5.73 Å². The Morgan fingerprint density at radius 2 is 2.15 bits per heavy atom. The van der Waals surface area contributed by atoms with Gasteiger partial charge in [-0.15, -0.1) is 0 Å². The van der Waals surface area contributed by atoms with Crippen molar-refractivity contribution < 1.29 is 19.0 Å². The predicted molar refractivity (Wildman–Crippen MR) is 75.1 cm³/mol. The second kappa shape index (κ2) is 6.61. The van der Waals surface area contributed by atoms with Crippen molar-refractivity contribution in [3.63, 3.8) is 0 Å². The highest BCUT2D eigenvalue weighted by molar-refractivity contribution is 5.69. The molecule has 5 nitrogen and oxygen atoms in total. The highest BCUT2D eigenvalue weighted by Crippen LogP contribution is 2.38. The van der Waals surface area contributed by atoms with E-state index in [-0.39, 0.29) is 12.0 Å². The molecule has 20 heavy (non-hydrogen) atoms. The van der Waals surface area contributed by atoms with Crippen LogP contribution in [0.25, 0.3) is 0 Å². The molecular weight excluding hydrogens is 258 g/mol. The summed E-state index contributed by atoms with van der Waals surface area (Å²) in [5.41, 5.74) is 8.36. The first kappa shape index (κ1) is 14.7. The summed E-state index contributed by atoms with van der Waals surface area (Å²) in [6.07, 6.45) is 2.67. The number of nitrogens with two attached hydrogens (primary N) is 1. The molecule has 5 heteroatoms. The molecule has 1 atom stereocenters. The minimum atomic E-state index is -0.222. The highest BCUT2D eigenvalue weighted by atomic mass is 16.5. The quantitative estimate of drug-likeness (QED) is 0.630. The molecule has 2 rings (SSSR count). The number of hydrogen-bond acceptors (Lipinski definition) is 5. The Morgan fingerprint density at radius 3 is 2.85 bits per heavy atom. The molecule has 0 aromatic heterocycles. The first-order valence-electron chi connectivity index (χ1n) is 6.79. The molecule has 0 saturated carbocycles. The molecule has 110 valence electrons. The Balaban J connectivity index is 1.99. The van der Waals surface area contributed by atoms with E-state index in [0.29, 0.717) is 25.2 Å². The van der Waals surface area contributed by atoms with Crippen LogP contribution in [0.2, 0.25) is 0 Å². The standard InChI is InChI=1S/C15H21NO4/c1-18-14(17)4-3-7-20-13-6-5-10-8-11(16)9-12(10)15(13)19-2/h5-6,11H,3-4,7-9,16H2,1-2H3. The van der Waals surface area contributed by atoms with Crippen LogP contribution in [0.4, 0.5) is 0 Å². The van der Waals surface area contributed by atoms with E-state index in [1.54, 1.807) is 7.11 Å². The molecular formula is C15H21NO4. The Hall–Kier alpha value is -1.75. The fraction of sp³-hybridized carbons (Fsp3) is 0.533. The maximum Gasteiger partial charge on any atom is 0.305 e. The van der Waals surface area contributed by atoms with Crippen LogP contribution in [-0.2, 0) is 22.4 Å². The third-order valence-corrected chi connectivity index (χ3v) is 3.48. The fourth-order valence-corrected chi connectivity index (χ4v) is 2.52. The van der Waals surface area contributed by atoms with Crippen LogP contribution < -0.4 is 15.2 Å². The number of rotatable bonds is 6. The lowest BCUT2D eigenvalue weighted by molar-refractivity contribution is -0.140. The van der Waals surface area contributed by atoms with Gasteiger partial charge in [0.1, 0.15) is 0 Å². The number of fused-ring (bicyclic) bond motifs is 1. The molecule has 0 fully saturated rings. The van der Waals surface area contributed by atoms with Crippen molar-refractivity contribution in [2.45, 2.75) is 31.7 Å². The largest absolute Gasteiger partial charge is 0.493 e. The Morgan fingerprint density at radius 1 is 1.35 bits per heavy atom. The van der Waals surface area contributed by atoms with E-state index in [1.165, 1.54) is 12.7 Å². The molecule has 1 unspecified atom stereocenters. The fourth-order valence-electron chi connectivity index (χ4n) is 2.52. The number of ether oxygens (including phenoxy) is 3. The molecule has 1 aromatic carbocycles. The molecule has 0 radical (unpaired) electrons. The molecule has 2 N–H and O–H groups in total. The van der Waals surface area contributed by atoms with Crippen LogP contribution in [0.3, 0.4) is 0 Å². The van der Waals surface area contributed by atoms with Gasteiger partial charge in [-0.05, 0) is 30.9 Å². The van der Waals surface area contributed by atoms with Gasteiger partial charge in [0.15, 0.2) is 11.5 Å². The number of carbonyl (C=O) groups excluding carboxylic acids is 1. The van der Waals surface area contributed by atoms with Crippen LogP contribution in [-0.4, -0.2) is 32.8 Å². The van der Waals surface area contributed by atoms with Gasteiger partial charge in [0.25, 0.3) is 0 Å². The van der Waals surface area contributed by atoms with E-state index in [9.17, 15) is 4.79 Å². The maximum absolute atomic E-state index is 11.0. The normalized spacial score (nSPS) is 16.6. The van der Waals surface area contributed by atoms with Gasteiger partial charge in [0.2, 0.25) is 0 Å². The molecule has 1 aromatic rings. The van der Waals surface area contributed by atoms with Crippen molar-refractivity contribution in [1.29, 1.82) is 0 Å². The monoisotopic (exact) mass is 279 g/mol. The third kappa shape index (κ3) is 3.22. The summed E-state index contributed by atoms with van der Waals surface area (Å²) >= 11 is 0. The lowest BCUT2D eigenvalue weighted by Crippen LogP contribution is -2.19. The van der Waals surface area contributed by atoms with Crippen LogP contribution in [0.1, 0.15) is 24.0 Å². The summed E-state index contributed by atoms with van der Waals surface area (Å²) in [7, 11) is 3.02. The summed E-state index contributed by atoms with van der Waals surface area (Å²) in [5, 5.41) is 0. The molecule has 0 amide bonds. The Labute approximate surface area is 119 Å². The number of esters is 1. The summed E-state index contributed by atoms with van der Waals surface area (Å²) < 4.78 is 15.8. The SMILES string of the molecule is COC(=O)CCCOc1ccc2c(c1OC)CC(N)C2. The summed E-state index contributed by atoms with van der Waals surface area (Å²) in [5.74, 6) is 1.26. The van der Waals surface area contributed by atoms with Gasteiger partial charge in [0, 0.05) is 18.0 Å². The average Bonchev–Trinajstić information content (AvgIpc) is 2.83. The van der Waals surface area contributed by atoms with E-state index in [2.05, 4.69) is 4.74 Å². The molecule has 0 aliphatic heterocycles. The molecule has 1 aliphatic carbocycles. The van der Waals surface area contributed by atoms with Gasteiger partial charge < -0.3 is 19.9 Å². The zero-order chi connectivity index (χ0) is 14.5. The first-order valence-corrected chi connectivity index (χ1v) is 6.79. The predicted octanol–water partition coefficient (Wildman–Crippen LogP) is 1.45. The van der Waals surface area contributed by atoms with E-state index in [1.807, 2.05) is 12.1 Å². The van der Waals surface area contributed by atoms with Crippen LogP contribution in [0.15, 0.2) is 12.1 Å². The van der Waals surface area contributed by atoms with Crippen LogP contribution in [0, 0.1) is 0 Å². The smallest absolute Gasteiger partial charge is 0.305 e. The topological polar surface area (TPSA) is 70.8 Å². The Bertz CT molecular complexity index is 487. The molecule has 1 aliphatic rings. The van der Waals surface area contributed by atoms with Gasteiger partial charge in [-0.25, -0.2) is 0 Å². The van der Waals surface area contributed by atoms with Gasteiger partial charge in [-0.3, -0.25) is 4.79 Å². The van der Waals surface area contributed by atoms with Gasteiger partial charge in [0.05, 0.1) is 20.8 Å². The number of methoxy groups -OCH3 is 2. The summed E-state index contributed by atoms with van der Waals surface area (Å²) in [6, 6.07) is 4.11. The minimum Gasteiger partial charge on any atom is -0.493 e. The van der Waals surface area contributed by atoms with E-state index < -0.39 is 0 Å². The summed E-state index contributed by atoms with van der Waals surface area (Å²) in [4.78, 5) is 11.0. The van der Waals surface area contributed by atoms with Crippen LogP contribution in [0.5, 0.6) is 11.5 Å². The zero-order valence-electron chi connectivity index (χ0n) is 12.0. The van der Waals surface area contributed by atoms with Crippen molar-refractivity contribution >= 4 is 5.97 Å². The lowest BCUT2D eigenvalue weighted by Gasteiger charge is -2.14. The maximum atomic E-state index is 11.0. The zero-order valence-corrected chi connectivity index (χ0v) is 12.0. The average molecular weight is 279 g/mol. The van der Waals surface area contributed by atoms with Gasteiger partial charge in [-0.1, -0.05) is 6.07 Å². The van der Waals surface area contributed by atoms with Crippen molar-refractivity contribution in [3.8, 4) is 11.5 Å². The van der Waals surface area contributed by atoms with Gasteiger partial charge in [-0.2, -0.15) is 0 Å². The van der Waals surface area contributed by atoms with Gasteiger partial charge >= 0.3 is 5.97 Å². The van der Waals surface area contributed by atoms with E-state index in [0.717, 1.165) is 24.2 Å². The van der Waals surface area contributed by atoms with Crippen LogP contribution >= 0.6 is 0 Å². The molecule has 0 bridgehead atoms. The number of carbonyl (C=O) groups is 1. The molecule has 0 spiro atoms. The number of hydrogen-bond donors (Lipinski definition) is 1. The molecule has 0 saturated heterocycles.